The molecule has 0 aliphatic rings. The van der Waals surface area contributed by atoms with Crippen LogP contribution in [0.25, 0.3) is 0 Å². The van der Waals surface area contributed by atoms with E-state index in [1.807, 2.05) is 19.2 Å². The summed E-state index contributed by atoms with van der Waals surface area (Å²) in [6.45, 7) is 9.11. The van der Waals surface area contributed by atoms with Crippen LogP contribution in [0.4, 0.5) is 0 Å². The van der Waals surface area contributed by atoms with Crippen molar-refractivity contribution in [2.45, 2.75) is 40.5 Å². The zero-order valence-electron chi connectivity index (χ0n) is 13.1. The fourth-order valence-electron chi connectivity index (χ4n) is 2.10. The minimum atomic E-state index is 0.750. The summed E-state index contributed by atoms with van der Waals surface area (Å²) in [6, 6.07) is 10.8. The van der Waals surface area contributed by atoms with Crippen molar-refractivity contribution in [2.75, 3.05) is 6.54 Å². The molecule has 0 aliphatic carbocycles. The minimum absolute atomic E-state index is 0.750. The van der Waals surface area contributed by atoms with Gasteiger partial charge in [-0.3, -0.25) is 4.98 Å². The second kappa shape index (κ2) is 8.49. The summed E-state index contributed by atoms with van der Waals surface area (Å²) in [5.41, 5.74) is 11.5. The van der Waals surface area contributed by atoms with Gasteiger partial charge in [0.05, 0.1) is 0 Å². The molecule has 0 amide bonds. The summed E-state index contributed by atoms with van der Waals surface area (Å²) >= 11 is 0. The quantitative estimate of drug-likeness (QED) is 0.922. The molecule has 0 atom stereocenters. The molecule has 2 N–H and O–H groups in total. The Labute approximate surface area is 123 Å². The first-order valence-electron chi connectivity index (χ1n) is 7.25. The van der Waals surface area contributed by atoms with E-state index in [2.05, 4.69) is 50.0 Å². The summed E-state index contributed by atoms with van der Waals surface area (Å²) in [4.78, 5) is 4.45. The van der Waals surface area contributed by atoms with E-state index in [4.69, 9.17) is 5.73 Å². The lowest BCUT2D eigenvalue weighted by molar-refractivity contribution is 0.892. The van der Waals surface area contributed by atoms with Crippen molar-refractivity contribution in [1.29, 1.82) is 0 Å². The Morgan fingerprint density at radius 1 is 1.00 bits per heavy atom. The molecule has 0 fully saturated rings. The first-order valence-corrected chi connectivity index (χ1v) is 7.25. The van der Waals surface area contributed by atoms with Crippen LogP contribution in [0, 0.1) is 20.8 Å². The van der Waals surface area contributed by atoms with E-state index >= 15 is 0 Å². The van der Waals surface area contributed by atoms with Gasteiger partial charge in [0, 0.05) is 11.9 Å². The maximum absolute atomic E-state index is 4.85. The molecule has 2 aromatic rings. The summed E-state index contributed by atoms with van der Waals surface area (Å²) in [7, 11) is 0. The molecule has 0 saturated carbocycles. The normalized spacial score (nSPS) is 9.85. The molecule has 0 radical (unpaired) electrons. The third kappa shape index (κ3) is 5.14. The highest BCUT2D eigenvalue weighted by Gasteiger charge is 2.02. The highest BCUT2D eigenvalue weighted by Crippen LogP contribution is 2.14. The summed E-state index contributed by atoms with van der Waals surface area (Å²) in [5.74, 6) is 0. The third-order valence-corrected chi connectivity index (χ3v) is 3.25. The Morgan fingerprint density at radius 3 is 2.35 bits per heavy atom. The molecule has 2 nitrogen and oxygen atoms in total. The summed E-state index contributed by atoms with van der Waals surface area (Å²) in [6.07, 6.45) is 3.98. The Kier molecular flexibility index (Phi) is 6.96. The topological polar surface area (TPSA) is 38.9 Å². The van der Waals surface area contributed by atoms with E-state index in [0.717, 1.165) is 19.4 Å². The zero-order valence-corrected chi connectivity index (χ0v) is 13.1. The maximum atomic E-state index is 4.85. The van der Waals surface area contributed by atoms with Crippen molar-refractivity contribution in [3.8, 4) is 0 Å². The molecular formula is C18H26N2. The van der Waals surface area contributed by atoms with E-state index in [9.17, 15) is 0 Å². The van der Waals surface area contributed by atoms with Crippen LogP contribution in [0.1, 0.15) is 34.9 Å². The van der Waals surface area contributed by atoms with Crippen molar-refractivity contribution in [1.82, 2.24) is 4.98 Å². The van der Waals surface area contributed by atoms with Crippen LogP contribution >= 0.6 is 0 Å². The van der Waals surface area contributed by atoms with E-state index < -0.39 is 0 Å². The van der Waals surface area contributed by atoms with E-state index in [1.165, 1.54) is 27.9 Å². The number of nitrogens with two attached hydrogens (primary N) is 1. The fourth-order valence-corrected chi connectivity index (χ4v) is 2.10. The van der Waals surface area contributed by atoms with Gasteiger partial charge >= 0.3 is 0 Å². The van der Waals surface area contributed by atoms with Gasteiger partial charge in [0.15, 0.2) is 0 Å². The number of aryl methyl sites for hydroxylation is 5. The molecule has 2 rings (SSSR count). The highest BCUT2D eigenvalue weighted by molar-refractivity contribution is 5.31. The van der Waals surface area contributed by atoms with Gasteiger partial charge in [-0.2, -0.15) is 0 Å². The second-order valence-electron chi connectivity index (χ2n) is 5.11. The van der Waals surface area contributed by atoms with Crippen LogP contribution < -0.4 is 5.73 Å². The molecule has 0 saturated heterocycles. The van der Waals surface area contributed by atoms with Crippen LogP contribution in [0.3, 0.4) is 0 Å². The molecule has 0 unspecified atom stereocenters. The number of aromatic nitrogens is 1. The lowest BCUT2D eigenvalue weighted by atomic mass is 9.99. The largest absolute Gasteiger partial charge is 0.331 e. The molecule has 1 aromatic heterocycles. The zero-order chi connectivity index (χ0) is 15.0. The highest BCUT2D eigenvalue weighted by atomic mass is 14.7. The number of rotatable bonds is 3. The van der Waals surface area contributed by atoms with Gasteiger partial charge in [0.25, 0.3) is 0 Å². The summed E-state index contributed by atoms with van der Waals surface area (Å²) < 4.78 is 0. The molecule has 2 heteroatoms. The standard InChI is InChI=1S/C16H19N.C2H7N/c1-12-6-7-13(2)15(11-12)8-9-16-14(3)5-4-10-17-16;1-2-3/h4-7,10-11H,8-9H2,1-3H3;2-3H2,1H3. The number of hydrogen-bond acceptors (Lipinski definition) is 2. The maximum Gasteiger partial charge on any atom is 0.0436 e. The average molecular weight is 270 g/mol. The second-order valence-corrected chi connectivity index (χ2v) is 5.11. The molecule has 1 aromatic carbocycles. The average Bonchev–Trinajstić information content (AvgIpc) is 2.42. The van der Waals surface area contributed by atoms with E-state index in [-0.39, 0.29) is 0 Å². The first-order chi connectivity index (χ1) is 9.58. The third-order valence-electron chi connectivity index (χ3n) is 3.25. The number of hydrogen-bond donors (Lipinski definition) is 1. The Morgan fingerprint density at radius 2 is 1.70 bits per heavy atom. The molecule has 0 aliphatic heterocycles. The molecule has 0 bridgehead atoms. The van der Waals surface area contributed by atoms with Crippen molar-refractivity contribution in [3.63, 3.8) is 0 Å². The smallest absolute Gasteiger partial charge is 0.0436 e. The molecule has 20 heavy (non-hydrogen) atoms. The van der Waals surface area contributed by atoms with Gasteiger partial charge in [-0.15, -0.1) is 0 Å². The minimum Gasteiger partial charge on any atom is -0.331 e. The lowest BCUT2D eigenvalue weighted by Crippen LogP contribution is -1.99. The molecule has 108 valence electrons. The lowest BCUT2D eigenvalue weighted by Gasteiger charge is -2.08. The molecule has 0 spiro atoms. The van der Waals surface area contributed by atoms with Gasteiger partial charge in [0.1, 0.15) is 0 Å². The van der Waals surface area contributed by atoms with Crippen molar-refractivity contribution >= 4 is 0 Å². The molecule has 1 heterocycles. The van der Waals surface area contributed by atoms with Crippen molar-refractivity contribution in [2.24, 2.45) is 5.73 Å². The Bertz CT molecular complexity index is 533. The predicted molar refractivity (Wildman–Crippen MR) is 87.0 cm³/mol. The summed E-state index contributed by atoms with van der Waals surface area (Å²) in [5, 5.41) is 0. The number of nitrogens with zero attached hydrogens (tertiary/aromatic N) is 1. The van der Waals surface area contributed by atoms with Gasteiger partial charge in [-0.1, -0.05) is 36.8 Å². The number of pyridine rings is 1. The van der Waals surface area contributed by atoms with Gasteiger partial charge in [-0.25, -0.2) is 0 Å². The van der Waals surface area contributed by atoms with Crippen LogP contribution in [-0.2, 0) is 12.8 Å². The Balaban J connectivity index is 0.000000612. The Hall–Kier alpha value is -1.67. The van der Waals surface area contributed by atoms with Gasteiger partial charge < -0.3 is 5.73 Å². The van der Waals surface area contributed by atoms with Gasteiger partial charge in [0.2, 0.25) is 0 Å². The van der Waals surface area contributed by atoms with E-state index in [1.54, 1.807) is 0 Å². The van der Waals surface area contributed by atoms with Crippen LogP contribution in [0.15, 0.2) is 36.5 Å². The monoisotopic (exact) mass is 270 g/mol. The van der Waals surface area contributed by atoms with Crippen molar-refractivity contribution < 1.29 is 0 Å². The first kappa shape index (κ1) is 16.4. The van der Waals surface area contributed by atoms with Crippen LogP contribution in [0.2, 0.25) is 0 Å². The van der Waals surface area contributed by atoms with Crippen LogP contribution in [-0.4, -0.2) is 11.5 Å². The SMILES string of the molecule is CCN.Cc1ccc(C)c(CCc2ncccc2C)c1. The van der Waals surface area contributed by atoms with Crippen molar-refractivity contribution in [3.05, 3.63) is 64.5 Å². The number of benzene rings is 1. The van der Waals surface area contributed by atoms with Gasteiger partial charge in [-0.05, 0) is 62.9 Å². The van der Waals surface area contributed by atoms with E-state index in [0.29, 0.717) is 0 Å². The fraction of sp³-hybridized carbons (Fsp3) is 0.389. The van der Waals surface area contributed by atoms with Crippen LogP contribution in [0.5, 0.6) is 0 Å². The predicted octanol–water partition coefficient (Wildman–Crippen LogP) is 3.76. The molecular weight excluding hydrogens is 244 g/mol.